The molecule has 4 aliphatic rings. The van der Waals surface area contributed by atoms with E-state index in [-0.39, 0.29) is 108 Å². The van der Waals surface area contributed by atoms with Crippen molar-refractivity contribution in [1.82, 2.24) is 46.8 Å². The maximum atomic E-state index is 15.6. The Labute approximate surface area is 784 Å². The van der Waals surface area contributed by atoms with Crippen molar-refractivity contribution in [2.45, 2.75) is 167 Å². The fourth-order valence-electron chi connectivity index (χ4n) is 15.8. The number of alkyl carbamates (subject to hydrolysis) is 3. The molecule has 6 aromatic rings. The SMILES string of the molecule is CC[C@@]1(O)C(=O)OCc2c1cc1n(c2=O)Cc2c-1nc1cc(F)c(C)c3c1c2[C@@H](NC(=O)OCc1ccc(NC(=O)[C@H](CCCNC(N)=O)NC(=O)[C@@H](NC(=O)[C@H](CCCCNC(=O)CCOCCOCCOCCOCCOCCOCCOCCOCCOCCOCCOCCOCCNC(=O)OC(C)(C)C)NC(=O)OCC2c4ccccc4-c4ccccc42)C(C)C)cc1)CC3. The third-order valence-electron chi connectivity index (χ3n) is 22.8. The Morgan fingerprint density at radius 1 is 0.585 bits per heavy atom. The highest BCUT2D eigenvalue weighted by atomic mass is 19.1. The Morgan fingerprint density at radius 2 is 1.11 bits per heavy atom. The van der Waals surface area contributed by atoms with Crippen molar-refractivity contribution in [1.29, 1.82) is 0 Å². The summed E-state index contributed by atoms with van der Waals surface area (Å²) in [6.45, 7) is 21.6. The van der Waals surface area contributed by atoms with Crippen LogP contribution in [0.5, 0.6) is 0 Å². The maximum Gasteiger partial charge on any atom is 0.407 e. The number of fused-ring (bicyclic) bond motifs is 8. The van der Waals surface area contributed by atoms with Crippen LogP contribution in [0.15, 0.2) is 89.7 Å². The van der Waals surface area contributed by atoms with E-state index in [2.05, 4.69) is 42.5 Å². The molecule has 0 radical (unpaired) electrons. The number of hydrogen-bond donors (Lipinski definition) is 10. The number of esters is 1. The van der Waals surface area contributed by atoms with Crippen LogP contribution in [0, 0.1) is 18.7 Å². The summed E-state index contributed by atoms with van der Waals surface area (Å²) in [4.78, 5) is 139. The number of unbranched alkanes of at least 4 members (excludes halogenated alkanes) is 1. The van der Waals surface area contributed by atoms with Crippen molar-refractivity contribution in [3.8, 4) is 22.5 Å². The van der Waals surface area contributed by atoms with Crippen LogP contribution in [0.2, 0.25) is 0 Å². The van der Waals surface area contributed by atoms with E-state index in [1.807, 2.05) is 48.5 Å². The highest BCUT2D eigenvalue weighted by Crippen LogP contribution is 2.47. The van der Waals surface area contributed by atoms with Gasteiger partial charge in [-0.3, -0.25) is 24.0 Å². The predicted octanol–water partition coefficient (Wildman–Crippen LogP) is 7.76. The Kier molecular flexibility index (Phi) is 43.5. The lowest BCUT2D eigenvalue weighted by Crippen LogP contribution is -2.57. The van der Waals surface area contributed by atoms with Crippen LogP contribution in [0.4, 0.5) is 29.3 Å². The summed E-state index contributed by atoms with van der Waals surface area (Å²) in [6, 6.07) is 19.8. The number of carbonyl (C=O) groups excluding carboxylic acids is 9. The Bertz CT molecular complexity index is 4900. The first-order valence-electron chi connectivity index (χ1n) is 46.3. The number of carbonyl (C=O) groups is 9. The minimum atomic E-state index is -2.08. The van der Waals surface area contributed by atoms with Gasteiger partial charge >= 0.3 is 30.3 Å². The smallest absolute Gasteiger partial charge is 0.407 e. The monoisotopic (exact) mass is 1890 g/mol. The standard InChI is InChI=1S/C96H132FN11O27/c1-8-96(119)74-56-80-85-71(58-108(80)89(113)73(74)61-132-90(96)114)83-76(27-26-66-63(4)75(97)57-79(103-85)82(66)83)105-93(117)133-59-64-22-24-65(25-23-64)102-86(110)77(21-15-30-100-91(98)115)104-88(112)84(62(2)3)107-87(111)78(106-94(118)134-60-72-69-18-11-9-16-67(69)68-17-10-12-19-70(68)72)20-13-14-29-99-81(109)28-32-120-34-36-122-38-40-124-42-44-126-46-48-128-50-52-130-54-55-131-53-51-129-49-47-127-45-43-125-41-39-123-37-35-121-33-31-101-92(116)135-95(5,6)7/h9-12,16-19,22-25,56-57,62,72,76-78,84,119H,8,13-15,20-21,26-55,58-61H2,1-7H3,(H,99,109)(H,101,116)(H,102,110)(H,104,112)(H,105,117)(H,106,118)(H,107,111)(H3,98,100,115)/t76-,77-,78-,84-,96-/m0/s1. The second-order valence-corrected chi connectivity index (χ2v) is 33.9. The van der Waals surface area contributed by atoms with Gasteiger partial charge in [-0.25, -0.2) is 33.3 Å². The summed E-state index contributed by atoms with van der Waals surface area (Å²) in [7, 11) is 0. The molecule has 0 fully saturated rings. The third kappa shape index (κ3) is 32.9. The number of nitrogens with one attached hydrogen (secondary N) is 8. The highest BCUT2D eigenvalue weighted by molar-refractivity contribution is 5.99. The first-order valence-corrected chi connectivity index (χ1v) is 46.3. The maximum absolute atomic E-state index is 15.6. The summed E-state index contributed by atoms with van der Waals surface area (Å²) in [5.41, 5.74) is 10.7. The molecule has 740 valence electrons. The number of primary amides is 1. The molecule has 0 bridgehead atoms. The number of aliphatic hydroxyl groups is 1. The molecule has 4 heterocycles. The number of urea groups is 1. The zero-order valence-electron chi connectivity index (χ0n) is 78.2. The van der Waals surface area contributed by atoms with E-state index in [4.69, 9.17) is 86.5 Å². The Morgan fingerprint density at radius 3 is 1.65 bits per heavy atom. The molecule has 9 amide bonds. The average molecular weight is 1890 g/mol. The average Bonchev–Trinajstić information content (AvgIpc) is 1.57. The van der Waals surface area contributed by atoms with E-state index in [1.54, 1.807) is 78.8 Å². The lowest BCUT2D eigenvalue weighted by molar-refractivity contribution is -0.172. The summed E-state index contributed by atoms with van der Waals surface area (Å²) in [5.74, 6) is -4.56. The van der Waals surface area contributed by atoms with Crippen molar-refractivity contribution >= 4 is 70.5 Å². The van der Waals surface area contributed by atoms with E-state index >= 15 is 4.39 Å². The number of benzene rings is 4. The normalized spacial score (nSPS) is 15.2. The molecular weight excluding hydrogens is 1760 g/mol. The van der Waals surface area contributed by atoms with Crippen molar-refractivity contribution in [2.75, 3.05) is 190 Å². The quantitative estimate of drug-likeness (QED) is 0.00988. The Hall–Kier alpha value is -10.9. The molecule has 2 aliphatic heterocycles. The van der Waals surface area contributed by atoms with Gasteiger partial charge in [-0.05, 0) is 148 Å². The molecule has 38 nitrogen and oxygen atoms in total. The zero-order chi connectivity index (χ0) is 96.5. The molecule has 5 atom stereocenters. The number of pyridine rings is 2. The molecule has 2 aliphatic carbocycles. The van der Waals surface area contributed by atoms with Gasteiger partial charge in [-0.1, -0.05) is 81.4 Å². The minimum absolute atomic E-state index is 0.000219. The topological polar surface area (TPSA) is 479 Å². The first-order chi connectivity index (χ1) is 65.2. The summed E-state index contributed by atoms with van der Waals surface area (Å²) in [5, 5.41) is 34.3. The van der Waals surface area contributed by atoms with Crippen LogP contribution in [0.1, 0.15) is 155 Å². The second kappa shape index (κ2) is 55.3. The number of nitrogens with two attached hydrogens (primary N) is 1. The number of cyclic esters (lactones) is 1. The van der Waals surface area contributed by atoms with Gasteiger partial charge in [0.1, 0.15) is 49.4 Å². The number of nitrogens with zero attached hydrogens (tertiary/aromatic N) is 2. The van der Waals surface area contributed by atoms with Gasteiger partial charge in [0.25, 0.3) is 5.56 Å². The lowest BCUT2D eigenvalue weighted by atomic mass is 9.81. The number of aryl methyl sites for hydroxylation is 1. The Balaban J connectivity index is 0.590. The molecule has 11 N–H and O–H groups in total. The molecule has 0 unspecified atom stereocenters. The van der Waals surface area contributed by atoms with Crippen LogP contribution in [-0.2, 0) is 132 Å². The summed E-state index contributed by atoms with van der Waals surface area (Å²) in [6.07, 6.45) is -0.417. The largest absolute Gasteiger partial charge is 0.458 e. The van der Waals surface area contributed by atoms with E-state index < -0.39 is 101 Å². The van der Waals surface area contributed by atoms with Crippen LogP contribution >= 0.6 is 0 Å². The van der Waals surface area contributed by atoms with Crippen LogP contribution in [0.25, 0.3) is 33.4 Å². The van der Waals surface area contributed by atoms with Gasteiger partial charge in [0.05, 0.1) is 194 Å². The van der Waals surface area contributed by atoms with E-state index in [0.29, 0.717) is 233 Å². The summed E-state index contributed by atoms with van der Waals surface area (Å²) < 4.78 is 106. The van der Waals surface area contributed by atoms with Crippen LogP contribution in [-0.4, -0.2) is 277 Å². The first kappa shape index (κ1) is 106. The van der Waals surface area contributed by atoms with Gasteiger partial charge in [0.2, 0.25) is 23.6 Å². The molecular formula is C96H132FN11O27. The fraction of sp³-hybridized carbons (Fsp3) is 0.573. The minimum Gasteiger partial charge on any atom is -0.458 e. The number of hydrogen-bond acceptors (Lipinski definition) is 28. The number of aromatic nitrogens is 2. The van der Waals surface area contributed by atoms with Crippen molar-refractivity contribution < 1.29 is 128 Å². The summed E-state index contributed by atoms with van der Waals surface area (Å²) >= 11 is 0. The number of amides is 9. The number of ether oxygens (including phenoxy) is 16. The van der Waals surface area contributed by atoms with Gasteiger partial charge < -0.3 is 134 Å². The third-order valence-corrected chi connectivity index (χ3v) is 22.8. The van der Waals surface area contributed by atoms with Gasteiger partial charge in [0, 0.05) is 60.2 Å². The molecule has 39 heteroatoms. The van der Waals surface area contributed by atoms with Gasteiger partial charge in [0.15, 0.2) is 5.60 Å². The molecule has 0 saturated heterocycles. The molecule has 135 heavy (non-hydrogen) atoms. The van der Waals surface area contributed by atoms with Crippen molar-refractivity contribution in [3.63, 3.8) is 0 Å². The molecule has 2 aromatic heterocycles. The van der Waals surface area contributed by atoms with Crippen LogP contribution < -0.4 is 53.8 Å². The van der Waals surface area contributed by atoms with E-state index in [1.165, 1.54) is 10.6 Å². The second-order valence-electron chi connectivity index (χ2n) is 33.9. The number of anilines is 1. The van der Waals surface area contributed by atoms with E-state index in [0.717, 1.165) is 22.3 Å². The van der Waals surface area contributed by atoms with Gasteiger partial charge in [-0.15, -0.1) is 0 Å². The van der Waals surface area contributed by atoms with Crippen LogP contribution in [0.3, 0.4) is 0 Å². The molecule has 4 aromatic carbocycles. The van der Waals surface area contributed by atoms with Crippen molar-refractivity contribution in [2.24, 2.45) is 11.7 Å². The zero-order valence-corrected chi connectivity index (χ0v) is 78.2. The lowest BCUT2D eigenvalue weighted by Gasteiger charge is -2.31. The highest BCUT2D eigenvalue weighted by Gasteiger charge is 2.47. The molecule has 0 spiro atoms. The molecule has 0 saturated carbocycles. The van der Waals surface area contributed by atoms with Gasteiger partial charge in [-0.2, -0.15) is 0 Å². The number of halogens is 1. The predicted molar refractivity (Wildman–Crippen MR) is 492 cm³/mol. The van der Waals surface area contributed by atoms with E-state index in [9.17, 15) is 53.1 Å². The van der Waals surface area contributed by atoms with Crippen molar-refractivity contribution in [3.05, 3.63) is 151 Å². The fourth-order valence-corrected chi connectivity index (χ4v) is 15.8. The number of rotatable bonds is 62. The molecule has 10 rings (SSSR count).